The third kappa shape index (κ3) is 4.16. The highest BCUT2D eigenvalue weighted by Gasteiger charge is 2.35. The third-order valence-electron chi connectivity index (χ3n) is 5.94. The Morgan fingerprint density at radius 1 is 1.08 bits per heavy atom. The molecule has 1 aromatic rings. The average Bonchev–Trinajstić information content (AvgIpc) is 2.93. The van der Waals surface area contributed by atoms with E-state index < -0.39 is 0 Å². The Bertz CT molecular complexity index is 620. The highest BCUT2D eigenvalue weighted by atomic mass is 35.5. The molecule has 142 valence electrons. The van der Waals surface area contributed by atoms with Gasteiger partial charge >= 0.3 is 0 Å². The van der Waals surface area contributed by atoms with Crippen molar-refractivity contribution in [3.05, 3.63) is 29.3 Å². The zero-order valence-corrected chi connectivity index (χ0v) is 16.0. The number of ether oxygens (including phenoxy) is 1. The van der Waals surface area contributed by atoms with Crippen molar-refractivity contribution >= 4 is 17.5 Å². The maximum Gasteiger partial charge on any atom is 0.239 e. The van der Waals surface area contributed by atoms with Crippen LogP contribution in [0.5, 0.6) is 5.75 Å². The smallest absolute Gasteiger partial charge is 0.239 e. The van der Waals surface area contributed by atoms with E-state index in [4.69, 9.17) is 16.3 Å². The summed E-state index contributed by atoms with van der Waals surface area (Å²) in [5, 5.41) is 4.06. The lowest BCUT2D eigenvalue weighted by molar-refractivity contribution is -0.133. The SMILES string of the molecule is O=C([C@@H]1C[C@H](Oc2ccc(Cl)cc2)CN1)N1CCCN(C2CCC2)CC1. The molecule has 0 unspecified atom stereocenters. The van der Waals surface area contributed by atoms with E-state index in [0.717, 1.165) is 50.8 Å². The molecule has 26 heavy (non-hydrogen) atoms. The number of hydrogen-bond donors (Lipinski definition) is 1. The lowest BCUT2D eigenvalue weighted by Gasteiger charge is -2.36. The quantitative estimate of drug-likeness (QED) is 0.875. The minimum absolute atomic E-state index is 0.0311. The van der Waals surface area contributed by atoms with Gasteiger partial charge < -0.3 is 15.0 Å². The predicted molar refractivity (Wildman–Crippen MR) is 103 cm³/mol. The first kappa shape index (κ1) is 18.1. The van der Waals surface area contributed by atoms with Gasteiger partial charge in [0, 0.05) is 50.2 Å². The second-order valence-electron chi connectivity index (χ2n) is 7.69. The van der Waals surface area contributed by atoms with E-state index in [0.29, 0.717) is 11.6 Å². The van der Waals surface area contributed by atoms with E-state index in [2.05, 4.69) is 15.1 Å². The Morgan fingerprint density at radius 2 is 1.88 bits per heavy atom. The van der Waals surface area contributed by atoms with Gasteiger partial charge in [0.15, 0.2) is 0 Å². The van der Waals surface area contributed by atoms with Gasteiger partial charge in [0.2, 0.25) is 5.91 Å². The van der Waals surface area contributed by atoms with Crippen LogP contribution in [0, 0.1) is 0 Å². The maximum atomic E-state index is 12.9. The molecule has 6 heteroatoms. The van der Waals surface area contributed by atoms with Crippen molar-refractivity contribution < 1.29 is 9.53 Å². The van der Waals surface area contributed by atoms with Gasteiger partial charge in [0.1, 0.15) is 11.9 Å². The van der Waals surface area contributed by atoms with Crippen molar-refractivity contribution in [2.45, 2.75) is 50.3 Å². The molecule has 2 atom stereocenters. The van der Waals surface area contributed by atoms with Crippen LogP contribution in [0.15, 0.2) is 24.3 Å². The minimum Gasteiger partial charge on any atom is -0.489 e. The summed E-state index contributed by atoms with van der Waals surface area (Å²) < 4.78 is 5.99. The Kier molecular flexibility index (Phi) is 5.67. The molecule has 2 aliphatic heterocycles. The number of nitrogens with one attached hydrogen (secondary N) is 1. The summed E-state index contributed by atoms with van der Waals surface area (Å²) in [5.74, 6) is 1.04. The standard InChI is InChI=1S/C20H28ClN3O2/c21-15-5-7-17(8-6-15)26-18-13-19(22-14-18)20(25)24-10-2-9-23(11-12-24)16-3-1-4-16/h5-8,16,18-19,22H,1-4,9-14H2/t18-,19-/m0/s1. The number of carbonyl (C=O) groups excluding carboxylic acids is 1. The van der Waals surface area contributed by atoms with Crippen LogP contribution in [-0.2, 0) is 4.79 Å². The predicted octanol–water partition coefficient (Wildman–Crippen LogP) is 2.54. The molecule has 0 aromatic heterocycles. The van der Waals surface area contributed by atoms with Gasteiger partial charge in [-0.15, -0.1) is 0 Å². The van der Waals surface area contributed by atoms with E-state index in [-0.39, 0.29) is 18.1 Å². The maximum absolute atomic E-state index is 12.9. The van der Waals surface area contributed by atoms with Crippen LogP contribution in [0.1, 0.15) is 32.1 Å². The second-order valence-corrected chi connectivity index (χ2v) is 8.13. The molecular formula is C20H28ClN3O2. The summed E-state index contributed by atoms with van der Waals surface area (Å²) in [6.45, 7) is 4.60. The summed E-state index contributed by atoms with van der Waals surface area (Å²) in [7, 11) is 0. The molecule has 0 spiro atoms. The Hall–Kier alpha value is -1.30. The van der Waals surface area contributed by atoms with Gasteiger partial charge in [0.25, 0.3) is 0 Å². The first-order chi connectivity index (χ1) is 12.7. The molecular weight excluding hydrogens is 350 g/mol. The number of carbonyl (C=O) groups is 1. The van der Waals surface area contributed by atoms with Gasteiger partial charge in [-0.25, -0.2) is 0 Å². The lowest BCUT2D eigenvalue weighted by atomic mass is 9.91. The first-order valence-corrected chi connectivity index (χ1v) is 10.3. The van der Waals surface area contributed by atoms with Crippen LogP contribution >= 0.6 is 11.6 Å². The van der Waals surface area contributed by atoms with Crippen LogP contribution < -0.4 is 10.1 Å². The second kappa shape index (κ2) is 8.15. The number of halogens is 1. The van der Waals surface area contributed by atoms with Gasteiger partial charge in [-0.2, -0.15) is 0 Å². The molecule has 3 fully saturated rings. The van der Waals surface area contributed by atoms with E-state index >= 15 is 0 Å². The van der Waals surface area contributed by atoms with Crippen LogP contribution in [0.2, 0.25) is 5.02 Å². The van der Waals surface area contributed by atoms with Gasteiger partial charge in [-0.05, 0) is 43.5 Å². The summed E-state index contributed by atoms with van der Waals surface area (Å²) in [6.07, 6.45) is 5.88. The minimum atomic E-state index is -0.123. The molecule has 1 N–H and O–H groups in total. The van der Waals surface area contributed by atoms with Crippen molar-refractivity contribution in [1.82, 2.24) is 15.1 Å². The van der Waals surface area contributed by atoms with Crippen LogP contribution in [0.3, 0.4) is 0 Å². The zero-order valence-electron chi connectivity index (χ0n) is 15.2. The molecule has 1 aromatic carbocycles. The van der Waals surface area contributed by atoms with Crippen LogP contribution in [0.25, 0.3) is 0 Å². The topological polar surface area (TPSA) is 44.8 Å². The van der Waals surface area contributed by atoms with Crippen LogP contribution in [-0.4, -0.2) is 66.6 Å². The number of nitrogens with zero attached hydrogens (tertiary/aromatic N) is 2. The number of amides is 1. The fourth-order valence-electron chi connectivity index (χ4n) is 4.18. The summed E-state index contributed by atoms with van der Waals surface area (Å²) in [5.41, 5.74) is 0. The van der Waals surface area contributed by atoms with Crippen LogP contribution in [0.4, 0.5) is 0 Å². The fourth-order valence-corrected chi connectivity index (χ4v) is 4.31. The molecule has 1 amide bonds. The molecule has 4 rings (SSSR count). The monoisotopic (exact) mass is 377 g/mol. The van der Waals surface area contributed by atoms with Crippen molar-refractivity contribution in [1.29, 1.82) is 0 Å². The largest absolute Gasteiger partial charge is 0.489 e. The third-order valence-corrected chi connectivity index (χ3v) is 6.19. The summed E-state index contributed by atoms with van der Waals surface area (Å²) >= 11 is 5.91. The average molecular weight is 378 g/mol. The molecule has 5 nitrogen and oxygen atoms in total. The molecule has 1 aliphatic carbocycles. The summed E-state index contributed by atoms with van der Waals surface area (Å²) in [6, 6.07) is 8.05. The number of rotatable bonds is 4. The molecule has 2 saturated heterocycles. The van der Waals surface area contributed by atoms with E-state index in [1.807, 2.05) is 24.3 Å². The molecule has 1 saturated carbocycles. The van der Waals surface area contributed by atoms with Crippen molar-refractivity contribution in [3.63, 3.8) is 0 Å². The fraction of sp³-hybridized carbons (Fsp3) is 0.650. The van der Waals surface area contributed by atoms with E-state index in [1.54, 1.807) is 0 Å². The lowest BCUT2D eigenvalue weighted by Crippen LogP contribution is -2.46. The van der Waals surface area contributed by atoms with E-state index in [1.165, 1.54) is 19.3 Å². The number of benzene rings is 1. The normalized spacial score (nSPS) is 27.8. The highest BCUT2D eigenvalue weighted by molar-refractivity contribution is 6.30. The number of hydrogen-bond acceptors (Lipinski definition) is 4. The zero-order chi connectivity index (χ0) is 17.9. The molecule has 0 radical (unpaired) electrons. The van der Waals surface area contributed by atoms with Crippen molar-refractivity contribution in [2.75, 3.05) is 32.7 Å². The Labute approximate surface area is 160 Å². The van der Waals surface area contributed by atoms with Crippen molar-refractivity contribution in [3.8, 4) is 5.75 Å². The van der Waals surface area contributed by atoms with Gasteiger partial charge in [-0.3, -0.25) is 9.69 Å². The highest BCUT2D eigenvalue weighted by Crippen LogP contribution is 2.26. The van der Waals surface area contributed by atoms with E-state index in [9.17, 15) is 4.79 Å². The Balaban J connectivity index is 1.27. The van der Waals surface area contributed by atoms with Crippen molar-refractivity contribution in [2.24, 2.45) is 0 Å². The molecule has 0 bridgehead atoms. The summed E-state index contributed by atoms with van der Waals surface area (Å²) in [4.78, 5) is 17.6. The Morgan fingerprint density at radius 3 is 2.62 bits per heavy atom. The molecule has 2 heterocycles. The molecule has 3 aliphatic rings. The van der Waals surface area contributed by atoms with Gasteiger partial charge in [0.05, 0.1) is 6.04 Å². The first-order valence-electron chi connectivity index (χ1n) is 9.87. The van der Waals surface area contributed by atoms with Gasteiger partial charge in [-0.1, -0.05) is 18.0 Å².